The van der Waals surface area contributed by atoms with Crippen LogP contribution in [-0.4, -0.2) is 10.2 Å². The average Bonchev–Trinajstić information content (AvgIpc) is 2.71. The predicted molar refractivity (Wildman–Crippen MR) is 73.7 cm³/mol. The van der Waals surface area contributed by atoms with Gasteiger partial charge < -0.3 is 9.73 Å². The first-order chi connectivity index (χ1) is 8.10. The van der Waals surface area contributed by atoms with Crippen molar-refractivity contribution in [3.8, 4) is 0 Å². The highest BCUT2D eigenvalue weighted by atomic mass is 79.9. The van der Waals surface area contributed by atoms with Gasteiger partial charge in [-0.2, -0.15) is 0 Å². The number of anilines is 2. The van der Waals surface area contributed by atoms with Gasteiger partial charge in [-0.15, -0.1) is 16.7 Å². The van der Waals surface area contributed by atoms with Crippen LogP contribution in [0.2, 0.25) is 0 Å². The molecular formula is C10H8Br2ClN3O. The Bertz CT molecular complexity index is 521. The van der Waals surface area contributed by atoms with Gasteiger partial charge in [0.15, 0.2) is 0 Å². The zero-order chi connectivity index (χ0) is 12.4. The van der Waals surface area contributed by atoms with E-state index in [1.54, 1.807) is 0 Å². The molecule has 1 heterocycles. The fourth-order valence-electron chi connectivity index (χ4n) is 1.28. The molecule has 1 aromatic heterocycles. The molecular weight excluding hydrogens is 373 g/mol. The van der Waals surface area contributed by atoms with E-state index in [0.717, 1.165) is 20.2 Å². The molecule has 0 saturated heterocycles. The lowest BCUT2D eigenvalue weighted by Crippen LogP contribution is -1.93. The van der Waals surface area contributed by atoms with Crippen LogP contribution in [0, 0.1) is 6.92 Å². The van der Waals surface area contributed by atoms with E-state index in [1.165, 1.54) is 0 Å². The van der Waals surface area contributed by atoms with Crippen molar-refractivity contribution < 1.29 is 4.42 Å². The molecule has 0 saturated carbocycles. The summed E-state index contributed by atoms with van der Waals surface area (Å²) in [6.45, 7) is 2.01. The van der Waals surface area contributed by atoms with Gasteiger partial charge in [0.2, 0.25) is 5.89 Å². The number of nitrogens with zero attached hydrogens (tertiary/aromatic N) is 2. The Balaban J connectivity index is 2.29. The third-order valence-corrected chi connectivity index (χ3v) is 3.48. The second-order valence-corrected chi connectivity index (χ2v) is 5.34. The van der Waals surface area contributed by atoms with Gasteiger partial charge in [0.25, 0.3) is 0 Å². The van der Waals surface area contributed by atoms with Crippen molar-refractivity contribution in [2.24, 2.45) is 0 Å². The lowest BCUT2D eigenvalue weighted by molar-refractivity contribution is 0.530. The van der Waals surface area contributed by atoms with Crippen LogP contribution in [0.3, 0.4) is 0 Å². The van der Waals surface area contributed by atoms with Crippen LogP contribution < -0.4 is 5.32 Å². The monoisotopic (exact) mass is 379 g/mol. The minimum absolute atomic E-state index is 0.199. The molecule has 0 radical (unpaired) electrons. The van der Waals surface area contributed by atoms with E-state index in [0.29, 0.717) is 11.9 Å². The van der Waals surface area contributed by atoms with Crippen LogP contribution in [0.25, 0.3) is 0 Å². The third-order valence-electron chi connectivity index (χ3n) is 2.00. The van der Waals surface area contributed by atoms with Crippen LogP contribution in [-0.2, 0) is 5.88 Å². The van der Waals surface area contributed by atoms with Gasteiger partial charge in [0.1, 0.15) is 5.88 Å². The first-order valence-electron chi connectivity index (χ1n) is 4.71. The number of hydrogen-bond acceptors (Lipinski definition) is 4. The molecule has 0 aliphatic carbocycles. The minimum Gasteiger partial charge on any atom is -0.407 e. The summed E-state index contributed by atoms with van der Waals surface area (Å²) < 4.78 is 7.09. The van der Waals surface area contributed by atoms with E-state index in [1.807, 2.05) is 19.1 Å². The summed E-state index contributed by atoms with van der Waals surface area (Å²) in [5.41, 5.74) is 1.97. The summed E-state index contributed by atoms with van der Waals surface area (Å²) in [6.07, 6.45) is 0. The molecule has 0 bridgehead atoms. The van der Waals surface area contributed by atoms with E-state index in [4.69, 9.17) is 16.0 Å². The van der Waals surface area contributed by atoms with Crippen molar-refractivity contribution in [2.75, 3.05) is 5.32 Å². The van der Waals surface area contributed by atoms with Crippen LogP contribution in [0.1, 0.15) is 11.5 Å². The Hall–Kier alpha value is -0.590. The predicted octanol–water partition coefficient (Wildman–Crippen LogP) is 4.39. The Labute approximate surface area is 120 Å². The lowest BCUT2D eigenvalue weighted by Gasteiger charge is -2.08. The average molecular weight is 381 g/mol. The van der Waals surface area contributed by atoms with Crippen LogP contribution >= 0.6 is 43.5 Å². The summed E-state index contributed by atoms with van der Waals surface area (Å²) >= 11 is 12.5. The molecule has 1 N–H and O–H groups in total. The molecule has 0 aliphatic heterocycles. The Morgan fingerprint density at radius 3 is 2.47 bits per heavy atom. The van der Waals surface area contributed by atoms with Gasteiger partial charge in [0.05, 0.1) is 5.69 Å². The van der Waals surface area contributed by atoms with Crippen molar-refractivity contribution >= 4 is 55.2 Å². The summed E-state index contributed by atoms with van der Waals surface area (Å²) in [5.74, 6) is 0.582. The number of benzene rings is 1. The van der Waals surface area contributed by atoms with Crippen LogP contribution in [0.15, 0.2) is 25.5 Å². The number of halogens is 3. The molecule has 0 fully saturated rings. The third kappa shape index (κ3) is 3.00. The van der Waals surface area contributed by atoms with Crippen LogP contribution in [0.4, 0.5) is 11.7 Å². The molecule has 4 nitrogen and oxygen atoms in total. The number of rotatable bonds is 3. The lowest BCUT2D eigenvalue weighted by atomic mass is 10.2. The number of alkyl halides is 1. The van der Waals surface area contributed by atoms with Crippen molar-refractivity contribution in [3.05, 3.63) is 32.5 Å². The van der Waals surface area contributed by atoms with Crippen molar-refractivity contribution in [1.29, 1.82) is 0 Å². The highest BCUT2D eigenvalue weighted by Crippen LogP contribution is 2.34. The first-order valence-corrected chi connectivity index (χ1v) is 6.83. The SMILES string of the molecule is Cc1cc(Br)c(Nc2nnc(CCl)o2)c(Br)c1. The fourth-order valence-corrected chi connectivity index (χ4v) is 3.01. The fraction of sp³-hybridized carbons (Fsp3) is 0.200. The molecule has 0 spiro atoms. The normalized spacial score (nSPS) is 10.6. The number of nitrogens with one attached hydrogen (secondary N) is 1. The zero-order valence-corrected chi connectivity index (χ0v) is 12.7. The molecule has 0 amide bonds. The van der Waals surface area contributed by atoms with Crippen molar-refractivity contribution in [2.45, 2.75) is 12.8 Å². The summed E-state index contributed by atoms with van der Waals surface area (Å²) in [4.78, 5) is 0. The Morgan fingerprint density at radius 2 is 1.94 bits per heavy atom. The summed E-state index contributed by atoms with van der Waals surface area (Å²) in [5, 5.41) is 10.6. The van der Waals surface area contributed by atoms with E-state index in [9.17, 15) is 0 Å². The van der Waals surface area contributed by atoms with Crippen molar-refractivity contribution in [3.63, 3.8) is 0 Å². The molecule has 2 aromatic rings. The Morgan fingerprint density at radius 1 is 1.29 bits per heavy atom. The Kier molecular flexibility index (Phi) is 4.06. The van der Waals surface area contributed by atoms with Crippen molar-refractivity contribution in [1.82, 2.24) is 10.2 Å². The molecule has 90 valence electrons. The summed E-state index contributed by atoms with van der Waals surface area (Å²) in [6, 6.07) is 4.29. The van der Waals surface area contributed by atoms with Gasteiger partial charge in [-0.05, 0) is 56.5 Å². The highest BCUT2D eigenvalue weighted by Gasteiger charge is 2.10. The van der Waals surface area contributed by atoms with Gasteiger partial charge in [-0.1, -0.05) is 5.10 Å². The van der Waals surface area contributed by atoms with E-state index in [-0.39, 0.29) is 5.88 Å². The minimum atomic E-state index is 0.199. The summed E-state index contributed by atoms with van der Waals surface area (Å²) in [7, 11) is 0. The number of hydrogen-bond donors (Lipinski definition) is 1. The quantitative estimate of drug-likeness (QED) is 0.802. The van der Waals surface area contributed by atoms with E-state index < -0.39 is 0 Å². The second-order valence-electron chi connectivity index (χ2n) is 3.36. The molecule has 2 rings (SSSR count). The van der Waals surface area contributed by atoms with E-state index >= 15 is 0 Å². The number of aromatic nitrogens is 2. The molecule has 0 unspecified atom stereocenters. The molecule has 0 atom stereocenters. The zero-order valence-electron chi connectivity index (χ0n) is 8.80. The van der Waals surface area contributed by atoms with Crippen LogP contribution in [0.5, 0.6) is 0 Å². The molecule has 7 heteroatoms. The molecule has 0 aliphatic rings. The maximum absolute atomic E-state index is 5.58. The second kappa shape index (κ2) is 5.37. The largest absolute Gasteiger partial charge is 0.407 e. The molecule has 1 aromatic carbocycles. The topological polar surface area (TPSA) is 51.0 Å². The van der Waals surface area contributed by atoms with Gasteiger partial charge >= 0.3 is 6.01 Å². The molecule has 17 heavy (non-hydrogen) atoms. The van der Waals surface area contributed by atoms with E-state index in [2.05, 4.69) is 47.4 Å². The maximum Gasteiger partial charge on any atom is 0.320 e. The van der Waals surface area contributed by atoms with Gasteiger partial charge in [0, 0.05) is 8.95 Å². The highest BCUT2D eigenvalue weighted by molar-refractivity contribution is 9.11. The first kappa shape index (κ1) is 12.9. The van der Waals surface area contributed by atoms with Gasteiger partial charge in [-0.25, -0.2) is 0 Å². The smallest absolute Gasteiger partial charge is 0.320 e. The van der Waals surface area contributed by atoms with Gasteiger partial charge in [-0.3, -0.25) is 0 Å². The maximum atomic E-state index is 5.58. The standard InChI is InChI=1S/C10H8Br2ClN3O/c1-5-2-6(11)9(7(12)3-5)14-10-16-15-8(4-13)17-10/h2-3H,4H2,1H3,(H,14,16). The number of aryl methyl sites for hydroxylation is 1.